The van der Waals surface area contributed by atoms with E-state index in [4.69, 9.17) is 5.26 Å². The van der Waals surface area contributed by atoms with Crippen LogP contribution >= 0.6 is 0 Å². The van der Waals surface area contributed by atoms with Crippen LogP contribution in [0.4, 0.5) is 0 Å². The second-order valence-corrected chi connectivity index (χ2v) is 4.12. The van der Waals surface area contributed by atoms with Crippen molar-refractivity contribution in [1.29, 1.82) is 5.26 Å². The van der Waals surface area contributed by atoms with Crippen LogP contribution in [0.2, 0.25) is 0 Å². The van der Waals surface area contributed by atoms with Crippen LogP contribution in [-0.2, 0) is 0 Å². The second kappa shape index (κ2) is 4.39. The van der Waals surface area contributed by atoms with Gasteiger partial charge < -0.3 is 4.98 Å². The van der Waals surface area contributed by atoms with Gasteiger partial charge in [0, 0.05) is 5.56 Å². The average Bonchev–Trinajstić information content (AvgIpc) is 2.47. The molecule has 3 rings (SSSR count). The Bertz CT molecular complexity index is 842. The molecule has 0 atom stereocenters. The van der Waals surface area contributed by atoms with E-state index in [1.54, 1.807) is 24.3 Å². The summed E-state index contributed by atoms with van der Waals surface area (Å²) in [5.74, 6) is 0. The molecule has 0 saturated heterocycles. The predicted octanol–water partition coefficient (Wildman–Crippen LogP) is 2.46. The van der Waals surface area contributed by atoms with Crippen LogP contribution in [0.25, 0.3) is 22.3 Å². The van der Waals surface area contributed by atoms with E-state index in [9.17, 15) is 4.79 Å². The summed E-state index contributed by atoms with van der Waals surface area (Å²) < 4.78 is 0. The van der Waals surface area contributed by atoms with E-state index >= 15 is 0 Å². The van der Waals surface area contributed by atoms with E-state index in [1.165, 1.54) is 0 Å². The molecular formula is C15H9N3O. The molecular weight excluding hydrogens is 238 g/mol. The molecule has 4 nitrogen and oxygen atoms in total. The SMILES string of the molecule is N#Cc1ccc(-c2nc3ccccc3[nH]c2=O)cc1. The molecule has 2 aromatic carbocycles. The lowest BCUT2D eigenvalue weighted by molar-refractivity contribution is 1.22. The van der Waals surface area contributed by atoms with E-state index in [-0.39, 0.29) is 5.56 Å². The van der Waals surface area contributed by atoms with Crippen molar-refractivity contribution in [2.75, 3.05) is 0 Å². The molecule has 0 amide bonds. The Hall–Kier alpha value is -2.93. The largest absolute Gasteiger partial charge is 0.319 e. The minimum atomic E-state index is -0.233. The van der Waals surface area contributed by atoms with Gasteiger partial charge in [-0.15, -0.1) is 0 Å². The van der Waals surface area contributed by atoms with Crippen LogP contribution in [0.1, 0.15) is 5.56 Å². The van der Waals surface area contributed by atoms with E-state index in [0.29, 0.717) is 22.3 Å². The van der Waals surface area contributed by atoms with Crippen LogP contribution in [0.15, 0.2) is 53.3 Å². The van der Waals surface area contributed by atoms with Crippen molar-refractivity contribution in [1.82, 2.24) is 9.97 Å². The van der Waals surface area contributed by atoms with Crippen molar-refractivity contribution >= 4 is 11.0 Å². The summed E-state index contributed by atoms with van der Waals surface area (Å²) >= 11 is 0. The number of fused-ring (bicyclic) bond motifs is 1. The summed E-state index contributed by atoms with van der Waals surface area (Å²) in [7, 11) is 0. The maximum Gasteiger partial charge on any atom is 0.274 e. The van der Waals surface area contributed by atoms with Gasteiger partial charge in [-0.1, -0.05) is 24.3 Å². The van der Waals surface area contributed by atoms with Crippen LogP contribution in [0, 0.1) is 11.3 Å². The second-order valence-electron chi connectivity index (χ2n) is 4.12. The topological polar surface area (TPSA) is 69.5 Å². The Labute approximate surface area is 109 Å². The quantitative estimate of drug-likeness (QED) is 0.718. The average molecular weight is 247 g/mol. The fourth-order valence-corrected chi connectivity index (χ4v) is 1.93. The van der Waals surface area contributed by atoms with Gasteiger partial charge in [-0.3, -0.25) is 4.79 Å². The number of nitrogens with one attached hydrogen (secondary N) is 1. The third-order valence-electron chi connectivity index (χ3n) is 2.89. The van der Waals surface area contributed by atoms with Crippen molar-refractivity contribution in [2.24, 2.45) is 0 Å². The van der Waals surface area contributed by atoms with Gasteiger partial charge >= 0.3 is 0 Å². The zero-order valence-electron chi connectivity index (χ0n) is 9.92. The predicted molar refractivity (Wildman–Crippen MR) is 72.5 cm³/mol. The highest BCUT2D eigenvalue weighted by atomic mass is 16.1. The van der Waals surface area contributed by atoms with Crippen LogP contribution in [-0.4, -0.2) is 9.97 Å². The lowest BCUT2D eigenvalue weighted by Crippen LogP contribution is -2.11. The molecule has 19 heavy (non-hydrogen) atoms. The standard InChI is InChI=1S/C15H9N3O/c16-9-10-5-7-11(8-6-10)14-15(19)18-13-4-2-1-3-12(13)17-14/h1-8H,(H,18,19). The Balaban J connectivity index is 2.21. The molecule has 1 heterocycles. The highest BCUT2D eigenvalue weighted by molar-refractivity contribution is 5.76. The van der Waals surface area contributed by atoms with Crippen LogP contribution in [0.3, 0.4) is 0 Å². The lowest BCUT2D eigenvalue weighted by atomic mass is 10.1. The van der Waals surface area contributed by atoms with Crippen molar-refractivity contribution < 1.29 is 0 Å². The van der Waals surface area contributed by atoms with Gasteiger partial charge in [-0.05, 0) is 24.3 Å². The number of para-hydroxylation sites is 2. The number of H-pyrrole nitrogens is 1. The number of benzene rings is 2. The zero-order chi connectivity index (χ0) is 13.2. The molecule has 1 aromatic heterocycles. The number of aromatic nitrogens is 2. The molecule has 0 spiro atoms. The van der Waals surface area contributed by atoms with Gasteiger partial charge in [0.1, 0.15) is 5.69 Å². The van der Waals surface area contributed by atoms with E-state index < -0.39 is 0 Å². The van der Waals surface area contributed by atoms with Crippen LogP contribution < -0.4 is 5.56 Å². The van der Waals surface area contributed by atoms with Gasteiger partial charge in [-0.25, -0.2) is 4.98 Å². The number of hydrogen-bond donors (Lipinski definition) is 1. The molecule has 1 N–H and O–H groups in total. The third kappa shape index (κ3) is 1.98. The van der Waals surface area contributed by atoms with Gasteiger partial charge in [0.2, 0.25) is 0 Å². The first kappa shape index (κ1) is 11.2. The molecule has 0 saturated carbocycles. The Morgan fingerprint density at radius 1 is 1.05 bits per heavy atom. The van der Waals surface area contributed by atoms with E-state index in [2.05, 4.69) is 9.97 Å². The Kier molecular flexibility index (Phi) is 2.58. The molecule has 3 aromatic rings. The zero-order valence-corrected chi connectivity index (χ0v) is 9.92. The molecule has 4 heteroatoms. The summed E-state index contributed by atoms with van der Waals surface area (Å²) in [5.41, 5.74) is 2.84. The highest BCUT2D eigenvalue weighted by Crippen LogP contribution is 2.16. The molecule has 0 aliphatic rings. The number of hydrogen-bond acceptors (Lipinski definition) is 3. The number of nitriles is 1. The molecule has 0 aliphatic carbocycles. The smallest absolute Gasteiger partial charge is 0.274 e. The van der Waals surface area contributed by atoms with Crippen molar-refractivity contribution in [3.8, 4) is 17.3 Å². The number of nitrogens with zero attached hydrogens (tertiary/aromatic N) is 2. The van der Waals surface area contributed by atoms with Gasteiger partial charge in [-0.2, -0.15) is 5.26 Å². The molecule has 0 radical (unpaired) electrons. The van der Waals surface area contributed by atoms with Crippen molar-refractivity contribution in [3.63, 3.8) is 0 Å². The summed E-state index contributed by atoms with van der Waals surface area (Å²) in [4.78, 5) is 19.2. The molecule has 0 aliphatic heterocycles. The minimum Gasteiger partial charge on any atom is -0.319 e. The first-order valence-corrected chi connectivity index (χ1v) is 5.77. The number of rotatable bonds is 1. The minimum absolute atomic E-state index is 0.233. The van der Waals surface area contributed by atoms with Gasteiger partial charge in [0.25, 0.3) is 5.56 Å². The lowest BCUT2D eigenvalue weighted by Gasteiger charge is -2.02. The maximum absolute atomic E-state index is 12.0. The Morgan fingerprint density at radius 2 is 1.79 bits per heavy atom. The monoisotopic (exact) mass is 247 g/mol. The summed E-state index contributed by atoms with van der Waals surface area (Å²) in [5, 5.41) is 8.76. The van der Waals surface area contributed by atoms with Crippen LogP contribution in [0.5, 0.6) is 0 Å². The Morgan fingerprint density at radius 3 is 2.53 bits per heavy atom. The number of aromatic amines is 1. The molecule has 90 valence electrons. The maximum atomic E-state index is 12.0. The molecule has 0 fully saturated rings. The fourth-order valence-electron chi connectivity index (χ4n) is 1.93. The van der Waals surface area contributed by atoms with E-state index in [1.807, 2.05) is 30.3 Å². The highest BCUT2D eigenvalue weighted by Gasteiger charge is 2.07. The van der Waals surface area contributed by atoms with Gasteiger partial charge in [0.05, 0.1) is 22.7 Å². The summed E-state index contributed by atoms with van der Waals surface area (Å²) in [6, 6.07) is 16.2. The van der Waals surface area contributed by atoms with Crippen molar-refractivity contribution in [3.05, 3.63) is 64.4 Å². The summed E-state index contributed by atoms with van der Waals surface area (Å²) in [6.07, 6.45) is 0. The molecule has 0 unspecified atom stereocenters. The molecule has 0 bridgehead atoms. The van der Waals surface area contributed by atoms with Gasteiger partial charge in [0.15, 0.2) is 0 Å². The van der Waals surface area contributed by atoms with Crippen molar-refractivity contribution in [2.45, 2.75) is 0 Å². The normalized spacial score (nSPS) is 10.3. The summed E-state index contributed by atoms with van der Waals surface area (Å²) in [6.45, 7) is 0. The van der Waals surface area contributed by atoms with E-state index in [0.717, 1.165) is 5.52 Å². The third-order valence-corrected chi connectivity index (χ3v) is 2.89. The first-order chi connectivity index (χ1) is 9.28. The fraction of sp³-hybridized carbons (Fsp3) is 0. The first-order valence-electron chi connectivity index (χ1n) is 5.77.